The molecule has 0 aliphatic heterocycles. The van der Waals surface area contributed by atoms with Crippen molar-refractivity contribution in [2.45, 2.75) is 116 Å². The molecule has 3 heteroatoms. The summed E-state index contributed by atoms with van der Waals surface area (Å²) >= 11 is 0. The van der Waals surface area contributed by atoms with Gasteiger partial charge in [0.25, 0.3) is 0 Å². The quantitative estimate of drug-likeness (QED) is 0.439. The molecule has 0 heterocycles. The van der Waals surface area contributed by atoms with E-state index in [4.69, 9.17) is 0 Å². The molecule has 4 rings (SSSR count). The molecular formula is C26H43F3. The molecule has 4 fully saturated rings. The van der Waals surface area contributed by atoms with Crippen molar-refractivity contribution >= 4 is 0 Å². The van der Waals surface area contributed by atoms with Gasteiger partial charge in [0.1, 0.15) is 18.5 Å². The largest absolute Gasteiger partial charge is 0.247 e. The topological polar surface area (TPSA) is 0 Å². The van der Waals surface area contributed by atoms with Crippen molar-refractivity contribution < 1.29 is 13.2 Å². The van der Waals surface area contributed by atoms with E-state index in [0.717, 1.165) is 30.6 Å². The smallest absolute Gasteiger partial charge is 0.106 e. The Morgan fingerprint density at radius 3 is 1.38 bits per heavy atom. The van der Waals surface area contributed by atoms with Gasteiger partial charge in [0, 0.05) is 5.92 Å². The second-order valence-electron chi connectivity index (χ2n) is 11.6. The van der Waals surface area contributed by atoms with Crippen LogP contribution in [-0.4, -0.2) is 18.5 Å². The minimum atomic E-state index is -1.09. The summed E-state index contributed by atoms with van der Waals surface area (Å²) in [5, 5.41) is 0. The summed E-state index contributed by atoms with van der Waals surface area (Å²) in [6.45, 7) is 4.06. The van der Waals surface area contributed by atoms with Crippen LogP contribution in [0.5, 0.6) is 0 Å². The second-order valence-corrected chi connectivity index (χ2v) is 11.6. The van der Waals surface area contributed by atoms with Crippen molar-refractivity contribution in [3.8, 4) is 0 Å². The Labute approximate surface area is 176 Å². The van der Waals surface area contributed by atoms with Gasteiger partial charge in [-0.05, 0) is 112 Å². The highest BCUT2D eigenvalue weighted by Gasteiger charge is 2.44. The van der Waals surface area contributed by atoms with E-state index in [-0.39, 0.29) is 11.8 Å². The molecule has 168 valence electrons. The lowest BCUT2D eigenvalue weighted by molar-refractivity contribution is -0.0137. The third kappa shape index (κ3) is 5.00. The molecule has 0 nitrogen and oxygen atoms in total. The van der Waals surface area contributed by atoms with E-state index in [1.807, 2.05) is 0 Å². The summed E-state index contributed by atoms with van der Waals surface area (Å²) in [4.78, 5) is 0. The van der Waals surface area contributed by atoms with Crippen LogP contribution in [0, 0.1) is 47.3 Å². The van der Waals surface area contributed by atoms with Crippen LogP contribution >= 0.6 is 0 Å². The standard InChI is InChI=1S/C26H43F3/c1-16-3-5-18(6-4-16)19-7-9-20(10-8-19)21-11-12-23(26(29)13-21)22-14-24(27)17(2)25(28)15-22/h16-26H,3-15H2,1-2H3. The lowest BCUT2D eigenvalue weighted by Crippen LogP contribution is -2.42. The molecule has 5 unspecified atom stereocenters. The van der Waals surface area contributed by atoms with Gasteiger partial charge in [0.15, 0.2) is 0 Å². The summed E-state index contributed by atoms with van der Waals surface area (Å²) in [7, 11) is 0. The van der Waals surface area contributed by atoms with Gasteiger partial charge in [-0.15, -0.1) is 0 Å². The minimum Gasteiger partial charge on any atom is -0.247 e. The van der Waals surface area contributed by atoms with Crippen molar-refractivity contribution in [3.05, 3.63) is 0 Å². The van der Waals surface area contributed by atoms with E-state index in [0.29, 0.717) is 31.1 Å². The van der Waals surface area contributed by atoms with Crippen LogP contribution in [-0.2, 0) is 0 Å². The van der Waals surface area contributed by atoms with Crippen molar-refractivity contribution in [3.63, 3.8) is 0 Å². The number of hydrogen-bond acceptors (Lipinski definition) is 0. The van der Waals surface area contributed by atoms with Crippen LogP contribution in [0.1, 0.15) is 97.3 Å². The molecule has 4 saturated carbocycles. The molecule has 0 saturated heterocycles. The van der Waals surface area contributed by atoms with Gasteiger partial charge in [-0.2, -0.15) is 0 Å². The Bertz CT molecular complexity index is 494. The van der Waals surface area contributed by atoms with Gasteiger partial charge in [0.2, 0.25) is 0 Å². The summed E-state index contributed by atoms with van der Waals surface area (Å²) in [5.41, 5.74) is 0. The van der Waals surface area contributed by atoms with Crippen molar-refractivity contribution in [2.24, 2.45) is 47.3 Å². The first-order valence-corrected chi connectivity index (χ1v) is 12.8. The Hall–Kier alpha value is -0.210. The maximum Gasteiger partial charge on any atom is 0.106 e. The summed E-state index contributed by atoms with van der Waals surface area (Å²) in [6.07, 6.45) is 11.3. The first-order valence-electron chi connectivity index (χ1n) is 12.8. The van der Waals surface area contributed by atoms with Crippen molar-refractivity contribution in [1.29, 1.82) is 0 Å². The molecule has 0 aromatic heterocycles. The molecule has 4 aliphatic rings. The maximum atomic E-state index is 15.1. The molecule has 0 amide bonds. The van der Waals surface area contributed by atoms with Crippen molar-refractivity contribution in [1.82, 2.24) is 0 Å². The van der Waals surface area contributed by atoms with Gasteiger partial charge in [-0.1, -0.05) is 26.7 Å². The van der Waals surface area contributed by atoms with Crippen LogP contribution < -0.4 is 0 Å². The summed E-state index contributed by atoms with van der Waals surface area (Å²) < 4.78 is 43.5. The first-order chi connectivity index (χ1) is 13.9. The normalized spacial score (nSPS) is 52.2. The van der Waals surface area contributed by atoms with Crippen LogP contribution in [0.15, 0.2) is 0 Å². The highest BCUT2D eigenvalue weighted by molar-refractivity contribution is 4.94. The zero-order valence-corrected chi connectivity index (χ0v) is 18.7. The first kappa shape index (κ1) is 22.0. The fourth-order valence-electron chi connectivity index (χ4n) is 7.65. The van der Waals surface area contributed by atoms with E-state index in [1.165, 1.54) is 51.4 Å². The minimum absolute atomic E-state index is 0.0865. The molecule has 5 atom stereocenters. The van der Waals surface area contributed by atoms with Crippen LogP contribution in [0.2, 0.25) is 0 Å². The van der Waals surface area contributed by atoms with Gasteiger partial charge >= 0.3 is 0 Å². The highest BCUT2D eigenvalue weighted by Crippen LogP contribution is 2.49. The average Bonchev–Trinajstić information content (AvgIpc) is 2.72. The fourth-order valence-corrected chi connectivity index (χ4v) is 7.65. The molecule has 0 N–H and O–H groups in total. The third-order valence-electron chi connectivity index (χ3n) is 9.88. The SMILES string of the molecule is CC1CCC(C2CCC(C3CCC(C4CC(F)C(C)C(F)C4)C(F)C3)CC2)CC1. The molecule has 0 spiro atoms. The molecule has 0 aromatic carbocycles. The van der Waals surface area contributed by atoms with Crippen LogP contribution in [0.25, 0.3) is 0 Å². The Kier molecular flexibility index (Phi) is 7.22. The monoisotopic (exact) mass is 412 g/mol. The van der Waals surface area contributed by atoms with E-state index in [9.17, 15) is 8.78 Å². The van der Waals surface area contributed by atoms with Crippen LogP contribution in [0.3, 0.4) is 0 Å². The number of alkyl halides is 3. The zero-order valence-electron chi connectivity index (χ0n) is 18.7. The van der Waals surface area contributed by atoms with Gasteiger partial charge in [-0.3, -0.25) is 0 Å². The van der Waals surface area contributed by atoms with Gasteiger partial charge in [0.05, 0.1) is 0 Å². The summed E-state index contributed by atoms with van der Waals surface area (Å²) in [5.74, 6) is 3.31. The Balaban J connectivity index is 1.24. The number of rotatable bonds is 3. The molecular weight excluding hydrogens is 369 g/mol. The molecule has 4 aliphatic carbocycles. The van der Waals surface area contributed by atoms with E-state index >= 15 is 4.39 Å². The van der Waals surface area contributed by atoms with Crippen LogP contribution in [0.4, 0.5) is 13.2 Å². The number of halogens is 3. The Morgan fingerprint density at radius 1 is 0.448 bits per heavy atom. The van der Waals surface area contributed by atoms with E-state index < -0.39 is 24.4 Å². The molecule has 0 aromatic rings. The maximum absolute atomic E-state index is 15.1. The van der Waals surface area contributed by atoms with Gasteiger partial charge in [-0.25, -0.2) is 13.2 Å². The average molecular weight is 413 g/mol. The molecule has 29 heavy (non-hydrogen) atoms. The second kappa shape index (κ2) is 9.51. The highest BCUT2D eigenvalue weighted by atomic mass is 19.1. The zero-order chi connectivity index (χ0) is 20.5. The predicted molar refractivity (Wildman–Crippen MR) is 114 cm³/mol. The molecule has 0 bridgehead atoms. The van der Waals surface area contributed by atoms with E-state index in [2.05, 4.69) is 6.92 Å². The van der Waals surface area contributed by atoms with Gasteiger partial charge < -0.3 is 0 Å². The summed E-state index contributed by atoms with van der Waals surface area (Å²) in [6, 6.07) is 0. The third-order valence-corrected chi connectivity index (χ3v) is 9.88. The van der Waals surface area contributed by atoms with E-state index in [1.54, 1.807) is 6.92 Å². The fraction of sp³-hybridized carbons (Fsp3) is 1.00. The molecule has 0 radical (unpaired) electrons. The Morgan fingerprint density at radius 2 is 0.862 bits per heavy atom. The lowest BCUT2D eigenvalue weighted by Gasteiger charge is -2.44. The number of hydrogen-bond donors (Lipinski definition) is 0. The van der Waals surface area contributed by atoms with Crippen molar-refractivity contribution in [2.75, 3.05) is 0 Å². The lowest BCUT2D eigenvalue weighted by atomic mass is 9.62. The predicted octanol–water partition coefficient (Wildman–Crippen LogP) is 8.10.